The number of anilines is 1. The average Bonchev–Trinajstić information content (AvgIpc) is 2.76. The molecule has 0 spiro atoms. The van der Waals surface area contributed by atoms with Crippen LogP contribution < -0.4 is 11.1 Å². The van der Waals surface area contributed by atoms with E-state index in [0.717, 1.165) is 17.2 Å². The molecule has 0 aromatic heterocycles. The van der Waals surface area contributed by atoms with Crippen LogP contribution >= 0.6 is 0 Å². The Kier molecular flexibility index (Phi) is 3.37. The number of benzene rings is 2. The van der Waals surface area contributed by atoms with Gasteiger partial charge in [-0.1, -0.05) is 36.4 Å². The second-order valence-electron chi connectivity index (χ2n) is 5.21. The number of rotatable bonds is 2. The summed E-state index contributed by atoms with van der Waals surface area (Å²) in [5.74, 6) is 0. The molecule has 2 atom stereocenters. The molecule has 3 rings (SSSR count). The van der Waals surface area contributed by atoms with Gasteiger partial charge >= 0.3 is 6.18 Å². The molecule has 0 radical (unpaired) electrons. The van der Waals surface area contributed by atoms with Crippen LogP contribution in [0, 0.1) is 0 Å². The van der Waals surface area contributed by atoms with Crippen LogP contribution in [-0.2, 0) is 6.18 Å². The SMILES string of the molecule is NC1CC(Nc2ccccc2C(F)(F)F)c2ccccc21. The lowest BCUT2D eigenvalue weighted by molar-refractivity contribution is -0.137. The number of halogens is 3. The molecule has 2 nitrogen and oxygen atoms in total. The Morgan fingerprint density at radius 3 is 2.29 bits per heavy atom. The Hall–Kier alpha value is -2.01. The zero-order chi connectivity index (χ0) is 15.0. The van der Waals surface area contributed by atoms with E-state index in [4.69, 9.17) is 5.73 Å². The molecule has 21 heavy (non-hydrogen) atoms. The highest BCUT2D eigenvalue weighted by Crippen LogP contribution is 2.41. The summed E-state index contributed by atoms with van der Waals surface area (Å²) < 4.78 is 39.1. The fraction of sp³-hybridized carbons (Fsp3) is 0.250. The van der Waals surface area contributed by atoms with Crippen molar-refractivity contribution in [2.24, 2.45) is 5.73 Å². The average molecular weight is 292 g/mol. The van der Waals surface area contributed by atoms with E-state index in [1.54, 1.807) is 6.07 Å². The van der Waals surface area contributed by atoms with Crippen LogP contribution in [0.5, 0.6) is 0 Å². The normalized spacial score (nSPS) is 21.1. The maximum absolute atomic E-state index is 13.0. The molecular weight excluding hydrogens is 277 g/mol. The second kappa shape index (κ2) is 5.07. The third kappa shape index (κ3) is 2.61. The topological polar surface area (TPSA) is 38.0 Å². The van der Waals surface area contributed by atoms with Crippen molar-refractivity contribution in [3.63, 3.8) is 0 Å². The van der Waals surface area contributed by atoms with Gasteiger partial charge in [0.25, 0.3) is 0 Å². The first kappa shape index (κ1) is 13.9. The summed E-state index contributed by atoms with van der Waals surface area (Å²) in [6, 6.07) is 12.8. The quantitative estimate of drug-likeness (QED) is 0.868. The maximum atomic E-state index is 13.0. The van der Waals surface area contributed by atoms with Crippen molar-refractivity contribution >= 4 is 5.69 Å². The van der Waals surface area contributed by atoms with Gasteiger partial charge in [-0.2, -0.15) is 13.2 Å². The lowest BCUT2D eigenvalue weighted by atomic mass is 10.1. The van der Waals surface area contributed by atoms with Crippen molar-refractivity contribution in [2.75, 3.05) is 5.32 Å². The summed E-state index contributed by atoms with van der Waals surface area (Å²) in [7, 11) is 0. The molecule has 1 aliphatic rings. The molecule has 0 saturated carbocycles. The van der Waals surface area contributed by atoms with Gasteiger partial charge in [-0.3, -0.25) is 0 Å². The molecule has 2 aromatic rings. The van der Waals surface area contributed by atoms with Crippen LogP contribution in [0.1, 0.15) is 35.2 Å². The Balaban J connectivity index is 1.93. The Labute approximate surface area is 120 Å². The van der Waals surface area contributed by atoms with Crippen LogP contribution in [0.25, 0.3) is 0 Å². The van der Waals surface area contributed by atoms with Crippen molar-refractivity contribution < 1.29 is 13.2 Å². The van der Waals surface area contributed by atoms with Gasteiger partial charge in [-0.25, -0.2) is 0 Å². The van der Waals surface area contributed by atoms with Gasteiger partial charge in [0.2, 0.25) is 0 Å². The van der Waals surface area contributed by atoms with Gasteiger partial charge in [0.1, 0.15) is 0 Å². The molecule has 2 aromatic carbocycles. The van der Waals surface area contributed by atoms with Crippen molar-refractivity contribution in [1.29, 1.82) is 0 Å². The number of fused-ring (bicyclic) bond motifs is 1. The Morgan fingerprint density at radius 1 is 0.952 bits per heavy atom. The van der Waals surface area contributed by atoms with Gasteiger partial charge in [0, 0.05) is 11.7 Å². The molecule has 0 heterocycles. The Bertz CT molecular complexity index is 652. The maximum Gasteiger partial charge on any atom is 0.418 e. The number of nitrogens with one attached hydrogen (secondary N) is 1. The molecule has 0 bridgehead atoms. The van der Waals surface area contributed by atoms with E-state index in [1.165, 1.54) is 12.1 Å². The molecule has 5 heteroatoms. The predicted octanol–water partition coefficient (Wildman–Crippen LogP) is 4.26. The van der Waals surface area contributed by atoms with Crippen LogP contribution in [0.4, 0.5) is 18.9 Å². The van der Waals surface area contributed by atoms with E-state index in [9.17, 15) is 13.2 Å². The standard InChI is InChI=1S/C16H15F3N2/c17-16(18,19)12-7-3-4-8-14(12)21-15-9-13(20)10-5-1-2-6-11(10)15/h1-8,13,15,21H,9,20H2. The second-order valence-corrected chi connectivity index (χ2v) is 5.21. The molecule has 0 amide bonds. The predicted molar refractivity (Wildman–Crippen MR) is 75.8 cm³/mol. The lowest BCUT2D eigenvalue weighted by Crippen LogP contribution is -2.14. The van der Waals surface area contributed by atoms with Crippen LogP contribution in [-0.4, -0.2) is 0 Å². The van der Waals surface area contributed by atoms with Gasteiger partial charge < -0.3 is 11.1 Å². The third-order valence-corrected chi connectivity index (χ3v) is 3.82. The molecule has 110 valence electrons. The van der Waals surface area contributed by atoms with Gasteiger partial charge in [0.15, 0.2) is 0 Å². The fourth-order valence-electron chi connectivity index (χ4n) is 2.85. The monoisotopic (exact) mass is 292 g/mol. The zero-order valence-electron chi connectivity index (χ0n) is 11.2. The minimum absolute atomic E-state index is 0.0962. The zero-order valence-corrected chi connectivity index (χ0v) is 11.2. The number of hydrogen-bond donors (Lipinski definition) is 2. The minimum atomic E-state index is -4.37. The summed E-state index contributed by atoms with van der Waals surface area (Å²) in [6.45, 7) is 0. The van der Waals surface area contributed by atoms with Gasteiger partial charge in [-0.15, -0.1) is 0 Å². The minimum Gasteiger partial charge on any atom is -0.378 e. The summed E-state index contributed by atoms with van der Waals surface area (Å²) in [6.07, 6.45) is -3.78. The van der Waals surface area contributed by atoms with E-state index in [0.29, 0.717) is 6.42 Å². The van der Waals surface area contributed by atoms with Gasteiger partial charge in [0.05, 0.1) is 11.6 Å². The highest BCUT2D eigenvalue weighted by molar-refractivity contribution is 5.55. The van der Waals surface area contributed by atoms with Crippen LogP contribution in [0.15, 0.2) is 48.5 Å². The van der Waals surface area contributed by atoms with Gasteiger partial charge in [-0.05, 0) is 29.7 Å². The first-order chi connectivity index (χ1) is 9.97. The molecule has 1 aliphatic carbocycles. The highest BCUT2D eigenvalue weighted by Gasteiger charge is 2.35. The van der Waals surface area contributed by atoms with E-state index < -0.39 is 11.7 Å². The summed E-state index contributed by atoms with van der Waals surface area (Å²) >= 11 is 0. The number of alkyl halides is 3. The van der Waals surface area contributed by atoms with Crippen molar-refractivity contribution in [2.45, 2.75) is 24.7 Å². The van der Waals surface area contributed by atoms with E-state index in [2.05, 4.69) is 5.32 Å². The largest absolute Gasteiger partial charge is 0.418 e. The first-order valence-electron chi connectivity index (χ1n) is 6.74. The first-order valence-corrected chi connectivity index (χ1v) is 6.74. The van der Waals surface area contributed by atoms with Crippen LogP contribution in [0.2, 0.25) is 0 Å². The van der Waals surface area contributed by atoms with Crippen molar-refractivity contribution in [1.82, 2.24) is 0 Å². The number of para-hydroxylation sites is 1. The molecule has 3 N–H and O–H groups in total. The smallest absolute Gasteiger partial charge is 0.378 e. The third-order valence-electron chi connectivity index (χ3n) is 3.82. The van der Waals surface area contributed by atoms with E-state index in [-0.39, 0.29) is 17.8 Å². The lowest BCUT2D eigenvalue weighted by Gasteiger charge is -2.19. The van der Waals surface area contributed by atoms with E-state index >= 15 is 0 Å². The summed E-state index contributed by atoms with van der Waals surface area (Å²) in [5.41, 5.74) is 7.47. The fourth-order valence-corrected chi connectivity index (χ4v) is 2.85. The van der Waals surface area contributed by atoms with Crippen molar-refractivity contribution in [3.8, 4) is 0 Å². The number of hydrogen-bond acceptors (Lipinski definition) is 2. The van der Waals surface area contributed by atoms with Crippen LogP contribution in [0.3, 0.4) is 0 Å². The van der Waals surface area contributed by atoms with Crippen molar-refractivity contribution in [3.05, 3.63) is 65.2 Å². The molecule has 0 saturated heterocycles. The summed E-state index contributed by atoms with van der Waals surface area (Å²) in [5, 5.41) is 3.00. The molecular formula is C16H15F3N2. The number of nitrogens with two attached hydrogens (primary N) is 1. The molecule has 2 unspecified atom stereocenters. The highest BCUT2D eigenvalue weighted by atomic mass is 19.4. The van der Waals surface area contributed by atoms with E-state index in [1.807, 2.05) is 24.3 Å². The molecule has 0 aliphatic heterocycles. The summed E-state index contributed by atoms with van der Waals surface area (Å²) in [4.78, 5) is 0. The Morgan fingerprint density at radius 2 is 1.57 bits per heavy atom. The molecule has 0 fully saturated rings.